The van der Waals surface area contributed by atoms with Crippen LogP contribution in [0.3, 0.4) is 0 Å². The van der Waals surface area contributed by atoms with Crippen LogP contribution >= 0.6 is 0 Å². The van der Waals surface area contributed by atoms with E-state index in [1.54, 1.807) is 0 Å². The standard InChI is InChI=1S/C19H31N5O2/c1-22(8-3-15-25)9-10-23-11-13-24(14-12-23)18-5-2-4-17(16-18)21-7-6-19(20)26/h2,4-5,15-16,21H,3,6-14H2,1H3,(H2,20,26). The van der Waals surface area contributed by atoms with E-state index in [2.05, 4.69) is 39.2 Å². The lowest BCUT2D eigenvalue weighted by atomic mass is 10.2. The summed E-state index contributed by atoms with van der Waals surface area (Å²) < 4.78 is 0. The van der Waals surface area contributed by atoms with Gasteiger partial charge in [-0.25, -0.2) is 0 Å². The summed E-state index contributed by atoms with van der Waals surface area (Å²) in [7, 11) is 2.07. The molecule has 1 saturated heterocycles. The minimum atomic E-state index is -0.290. The number of hydrogen-bond acceptors (Lipinski definition) is 6. The summed E-state index contributed by atoms with van der Waals surface area (Å²) in [5.74, 6) is -0.290. The molecule has 7 heteroatoms. The molecule has 1 aromatic rings. The van der Waals surface area contributed by atoms with Crippen LogP contribution in [-0.2, 0) is 9.59 Å². The Balaban J connectivity index is 1.75. The molecule has 0 unspecified atom stereocenters. The molecule has 1 aliphatic rings. The summed E-state index contributed by atoms with van der Waals surface area (Å²) in [4.78, 5) is 28.3. The molecule has 0 atom stereocenters. The Bertz CT molecular complexity index is 573. The smallest absolute Gasteiger partial charge is 0.219 e. The number of anilines is 2. The van der Waals surface area contributed by atoms with Gasteiger partial charge in [-0.3, -0.25) is 9.69 Å². The monoisotopic (exact) mass is 361 g/mol. The molecule has 0 radical (unpaired) electrons. The normalized spacial score (nSPS) is 15.2. The highest BCUT2D eigenvalue weighted by Crippen LogP contribution is 2.21. The molecule has 1 heterocycles. The number of carbonyl (C=O) groups excluding carboxylic acids is 2. The van der Waals surface area contributed by atoms with E-state index >= 15 is 0 Å². The van der Waals surface area contributed by atoms with Crippen LogP contribution in [0.25, 0.3) is 0 Å². The lowest BCUT2D eigenvalue weighted by molar-refractivity contribution is -0.117. The highest BCUT2D eigenvalue weighted by Gasteiger charge is 2.17. The molecule has 0 spiro atoms. The molecule has 26 heavy (non-hydrogen) atoms. The second-order valence-electron chi connectivity index (χ2n) is 6.78. The number of primary amides is 1. The van der Waals surface area contributed by atoms with Crippen molar-refractivity contribution in [2.75, 3.05) is 69.6 Å². The van der Waals surface area contributed by atoms with Gasteiger partial charge in [-0.2, -0.15) is 0 Å². The number of hydrogen-bond donors (Lipinski definition) is 2. The molecule has 1 fully saturated rings. The maximum Gasteiger partial charge on any atom is 0.219 e. The van der Waals surface area contributed by atoms with E-state index in [0.717, 1.165) is 57.8 Å². The number of aldehydes is 1. The Kier molecular flexibility index (Phi) is 8.37. The SMILES string of the molecule is CN(CCC=O)CCN1CCN(c2cccc(NCCC(N)=O)c2)CC1. The summed E-state index contributed by atoms with van der Waals surface area (Å²) in [6.45, 7) is 7.52. The van der Waals surface area contributed by atoms with Crippen molar-refractivity contribution in [3.8, 4) is 0 Å². The van der Waals surface area contributed by atoms with Crippen LogP contribution in [0.15, 0.2) is 24.3 Å². The summed E-state index contributed by atoms with van der Waals surface area (Å²) in [5.41, 5.74) is 7.40. The van der Waals surface area contributed by atoms with Crippen molar-refractivity contribution < 1.29 is 9.59 Å². The van der Waals surface area contributed by atoms with E-state index in [0.29, 0.717) is 19.4 Å². The average molecular weight is 361 g/mol. The second-order valence-corrected chi connectivity index (χ2v) is 6.78. The van der Waals surface area contributed by atoms with E-state index < -0.39 is 0 Å². The van der Waals surface area contributed by atoms with Crippen LogP contribution in [0.1, 0.15) is 12.8 Å². The lowest BCUT2D eigenvalue weighted by Gasteiger charge is -2.36. The Morgan fingerprint density at radius 1 is 1.27 bits per heavy atom. The molecule has 0 saturated carbocycles. The van der Waals surface area contributed by atoms with Crippen molar-refractivity contribution in [1.29, 1.82) is 0 Å². The van der Waals surface area contributed by atoms with Crippen molar-refractivity contribution >= 4 is 23.6 Å². The van der Waals surface area contributed by atoms with Crippen LogP contribution in [0.2, 0.25) is 0 Å². The number of nitrogens with zero attached hydrogens (tertiary/aromatic N) is 3. The second kappa shape index (κ2) is 10.8. The number of piperazine rings is 1. The lowest BCUT2D eigenvalue weighted by Crippen LogP contribution is -2.48. The Labute approximate surface area is 156 Å². The summed E-state index contributed by atoms with van der Waals surface area (Å²) >= 11 is 0. The number of likely N-dealkylation sites (N-methyl/N-ethyl adjacent to an activating group) is 1. The summed E-state index contributed by atoms with van der Waals surface area (Å²) in [6.07, 6.45) is 1.92. The molecular formula is C19H31N5O2. The maximum atomic E-state index is 10.8. The highest BCUT2D eigenvalue weighted by atomic mass is 16.1. The van der Waals surface area contributed by atoms with Crippen LogP contribution in [0.5, 0.6) is 0 Å². The largest absolute Gasteiger partial charge is 0.384 e. The van der Waals surface area contributed by atoms with Gasteiger partial charge in [0.15, 0.2) is 0 Å². The van der Waals surface area contributed by atoms with Gasteiger partial charge in [-0.05, 0) is 25.2 Å². The fourth-order valence-corrected chi connectivity index (χ4v) is 3.07. The third-order valence-corrected chi connectivity index (χ3v) is 4.71. The first-order valence-electron chi connectivity index (χ1n) is 9.30. The molecule has 2 rings (SSSR count). The van der Waals surface area contributed by atoms with Gasteiger partial charge < -0.3 is 25.6 Å². The minimum Gasteiger partial charge on any atom is -0.384 e. The van der Waals surface area contributed by atoms with Gasteiger partial charge >= 0.3 is 0 Å². The van der Waals surface area contributed by atoms with Crippen molar-refractivity contribution in [3.63, 3.8) is 0 Å². The fourth-order valence-electron chi connectivity index (χ4n) is 3.07. The van der Waals surface area contributed by atoms with Crippen LogP contribution < -0.4 is 16.0 Å². The fraction of sp³-hybridized carbons (Fsp3) is 0.579. The number of nitrogens with one attached hydrogen (secondary N) is 1. The molecule has 0 aliphatic carbocycles. The third-order valence-electron chi connectivity index (χ3n) is 4.71. The topological polar surface area (TPSA) is 81.9 Å². The zero-order chi connectivity index (χ0) is 18.8. The molecule has 1 aromatic carbocycles. The Morgan fingerprint density at radius 3 is 2.73 bits per heavy atom. The number of rotatable bonds is 11. The highest BCUT2D eigenvalue weighted by molar-refractivity contribution is 5.74. The van der Waals surface area contributed by atoms with Gasteiger partial charge in [-0.1, -0.05) is 6.07 Å². The molecule has 1 amide bonds. The van der Waals surface area contributed by atoms with Crippen molar-refractivity contribution in [2.24, 2.45) is 5.73 Å². The van der Waals surface area contributed by atoms with E-state index in [9.17, 15) is 9.59 Å². The first-order chi connectivity index (χ1) is 12.6. The van der Waals surface area contributed by atoms with Gasteiger partial charge in [0.2, 0.25) is 5.91 Å². The average Bonchev–Trinajstić information content (AvgIpc) is 2.65. The summed E-state index contributed by atoms with van der Waals surface area (Å²) in [5, 5.41) is 3.25. The number of nitrogens with two attached hydrogens (primary N) is 1. The summed E-state index contributed by atoms with van der Waals surface area (Å²) in [6, 6.07) is 8.30. The van der Waals surface area contributed by atoms with Crippen LogP contribution in [0.4, 0.5) is 11.4 Å². The van der Waals surface area contributed by atoms with E-state index in [1.165, 1.54) is 5.69 Å². The number of carbonyl (C=O) groups is 2. The predicted molar refractivity (Wildman–Crippen MR) is 106 cm³/mol. The van der Waals surface area contributed by atoms with Gasteiger partial charge in [0, 0.05) is 76.6 Å². The molecule has 0 aromatic heterocycles. The zero-order valence-electron chi connectivity index (χ0n) is 15.7. The van der Waals surface area contributed by atoms with E-state index in [-0.39, 0.29) is 5.91 Å². The third kappa shape index (κ3) is 7.01. The van der Waals surface area contributed by atoms with E-state index in [4.69, 9.17) is 5.73 Å². The van der Waals surface area contributed by atoms with Crippen molar-refractivity contribution in [1.82, 2.24) is 9.80 Å². The molecular weight excluding hydrogens is 330 g/mol. The molecule has 0 bridgehead atoms. The molecule has 3 N–H and O–H groups in total. The quantitative estimate of drug-likeness (QED) is 0.562. The number of amides is 1. The Hall–Kier alpha value is -2.12. The maximum absolute atomic E-state index is 10.8. The van der Waals surface area contributed by atoms with Gasteiger partial charge in [0.1, 0.15) is 6.29 Å². The molecule has 7 nitrogen and oxygen atoms in total. The minimum absolute atomic E-state index is 0.290. The predicted octanol–water partition coefficient (Wildman–Crippen LogP) is 0.617. The first-order valence-corrected chi connectivity index (χ1v) is 9.30. The van der Waals surface area contributed by atoms with Crippen molar-refractivity contribution in [3.05, 3.63) is 24.3 Å². The van der Waals surface area contributed by atoms with Gasteiger partial charge in [0.25, 0.3) is 0 Å². The van der Waals surface area contributed by atoms with Gasteiger partial charge in [-0.15, -0.1) is 0 Å². The molecule has 1 aliphatic heterocycles. The van der Waals surface area contributed by atoms with Crippen molar-refractivity contribution in [2.45, 2.75) is 12.8 Å². The first kappa shape index (κ1) is 20.2. The zero-order valence-corrected chi connectivity index (χ0v) is 15.7. The van der Waals surface area contributed by atoms with Gasteiger partial charge in [0.05, 0.1) is 0 Å². The van der Waals surface area contributed by atoms with Crippen LogP contribution in [0, 0.1) is 0 Å². The Morgan fingerprint density at radius 2 is 2.04 bits per heavy atom. The van der Waals surface area contributed by atoms with E-state index in [1.807, 2.05) is 12.1 Å². The number of benzene rings is 1. The van der Waals surface area contributed by atoms with Crippen LogP contribution in [-0.4, -0.2) is 81.4 Å². The molecule has 144 valence electrons.